The summed E-state index contributed by atoms with van der Waals surface area (Å²) in [5.74, 6) is -0.805. The Morgan fingerprint density at radius 2 is 1.77 bits per heavy atom. The molecule has 8 nitrogen and oxygen atoms in total. The SMILES string of the molecule is COCCCNC(=O)[C@@H](NC(=O)c1ccccc1C)C1CCN(S(=O)(=O)c2ccc(Cl)cc2)CC1. The highest BCUT2D eigenvalue weighted by Crippen LogP contribution is 2.27. The molecule has 1 aliphatic heterocycles. The second-order valence-corrected chi connectivity index (χ2v) is 11.0. The number of hydrogen-bond donors (Lipinski definition) is 2. The largest absolute Gasteiger partial charge is 0.385 e. The Bertz CT molecular complexity index is 1120. The van der Waals surface area contributed by atoms with Crippen molar-refractivity contribution in [2.24, 2.45) is 5.92 Å². The minimum absolute atomic E-state index is 0.181. The fourth-order valence-electron chi connectivity index (χ4n) is 4.19. The van der Waals surface area contributed by atoms with Crippen LogP contribution in [0.2, 0.25) is 5.02 Å². The van der Waals surface area contributed by atoms with E-state index >= 15 is 0 Å². The van der Waals surface area contributed by atoms with Crippen molar-refractivity contribution in [2.45, 2.75) is 37.1 Å². The van der Waals surface area contributed by atoms with Crippen LogP contribution in [0.4, 0.5) is 0 Å². The van der Waals surface area contributed by atoms with E-state index in [4.69, 9.17) is 16.3 Å². The molecule has 0 bridgehead atoms. The first kappa shape index (κ1) is 27.1. The van der Waals surface area contributed by atoms with Crippen molar-refractivity contribution in [3.63, 3.8) is 0 Å². The molecule has 2 aromatic carbocycles. The number of methoxy groups -OCH3 is 1. The van der Waals surface area contributed by atoms with E-state index in [-0.39, 0.29) is 35.7 Å². The Labute approximate surface area is 212 Å². The van der Waals surface area contributed by atoms with Crippen LogP contribution in [0, 0.1) is 12.8 Å². The second kappa shape index (κ2) is 12.5. The van der Waals surface area contributed by atoms with E-state index in [0.29, 0.717) is 43.0 Å². The van der Waals surface area contributed by atoms with E-state index in [0.717, 1.165) is 5.56 Å². The highest BCUT2D eigenvalue weighted by atomic mass is 35.5. The zero-order valence-electron chi connectivity index (χ0n) is 20.0. The van der Waals surface area contributed by atoms with Crippen molar-refractivity contribution in [2.75, 3.05) is 33.4 Å². The molecule has 0 aliphatic carbocycles. The summed E-state index contributed by atoms with van der Waals surface area (Å²) in [5.41, 5.74) is 1.32. The van der Waals surface area contributed by atoms with E-state index < -0.39 is 16.1 Å². The van der Waals surface area contributed by atoms with Crippen LogP contribution >= 0.6 is 11.6 Å². The van der Waals surface area contributed by atoms with Crippen molar-refractivity contribution < 1.29 is 22.7 Å². The average molecular weight is 522 g/mol. The monoisotopic (exact) mass is 521 g/mol. The molecular weight excluding hydrogens is 490 g/mol. The van der Waals surface area contributed by atoms with Crippen molar-refractivity contribution in [1.29, 1.82) is 0 Å². The number of carbonyl (C=O) groups is 2. The predicted octanol–water partition coefficient (Wildman–Crippen LogP) is 3.00. The number of carbonyl (C=O) groups excluding carboxylic acids is 2. The molecule has 190 valence electrons. The molecule has 2 N–H and O–H groups in total. The Balaban J connectivity index is 1.71. The Morgan fingerprint density at radius 3 is 2.40 bits per heavy atom. The number of sulfonamides is 1. The van der Waals surface area contributed by atoms with Gasteiger partial charge >= 0.3 is 0 Å². The normalized spacial score (nSPS) is 16.0. The first-order valence-electron chi connectivity index (χ1n) is 11.6. The topological polar surface area (TPSA) is 105 Å². The van der Waals surface area contributed by atoms with Gasteiger partial charge in [0.15, 0.2) is 0 Å². The molecule has 1 atom stereocenters. The lowest BCUT2D eigenvalue weighted by Gasteiger charge is -2.35. The van der Waals surface area contributed by atoms with Crippen LogP contribution in [0.3, 0.4) is 0 Å². The van der Waals surface area contributed by atoms with Crippen molar-refractivity contribution >= 4 is 33.4 Å². The number of piperidine rings is 1. The molecule has 0 unspecified atom stereocenters. The van der Waals surface area contributed by atoms with Gasteiger partial charge in [-0.15, -0.1) is 0 Å². The molecule has 0 spiro atoms. The Hall–Kier alpha value is -2.46. The fraction of sp³-hybridized carbons (Fsp3) is 0.440. The summed E-state index contributed by atoms with van der Waals surface area (Å²) in [4.78, 5) is 26.3. The highest BCUT2D eigenvalue weighted by molar-refractivity contribution is 7.89. The maximum absolute atomic E-state index is 13.1. The van der Waals surface area contributed by atoms with Crippen LogP contribution in [0.5, 0.6) is 0 Å². The van der Waals surface area contributed by atoms with Crippen LogP contribution in [0.25, 0.3) is 0 Å². The molecule has 0 radical (unpaired) electrons. The third-order valence-electron chi connectivity index (χ3n) is 6.20. The first-order chi connectivity index (χ1) is 16.7. The number of nitrogens with zero attached hydrogens (tertiary/aromatic N) is 1. The van der Waals surface area contributed by atoms with Gasteiger partial charge in [-0.1, -0.05) is 29.8 Å². The zero-order valence-corrected chi connectivity index (χ0v) is 21.6. The standard InChI is InChI=1S/C25H32ClN3O5S/c1-18-6-3-4-7-22(18)24(30)28-23(25(31)27-14-5-17-34-2)19-12-15-29(16-13-19)35(32,33)21-10-8-20(26)9-11-21/h3-4,6-11,19,23H,5,12-17H2,1-2H3,(H,27,31)(H,28,30)/t23-/m0/s1. The number of amides is 2. The van der Waals surface area contributed by atoms with Crippen molar-refractivity contribution in [3.8, 4) is 0 Å². The third kappa shape index (κ3) is 7.04. The number of nitrogens with one attached hydrogen (secondary N) is 2. The number of hydrogen-bond acceptors (Lipinski definition) is 5. The number of ether oxygens (including phenoxy) is 1. The van der Waals surface area contributed by atoms with Crippen molar-refractivity contribution in [1.82, 2.24) is 14.9 Å². The summed E-state index contributed by atoms with van der Waals surface area (Å²) >= 11 is 5.89. The minimum Gasteiger partial charge on any atom is -0.385 e. The van der Waals surface area contributed by atoms with Gasteiger partial charge < -0.3 is 15.4 Å². The molecular formula is C25H32ClN3O5S. The summed E-state index contributed by atoms with van der Waals surface area (Å²) < 4.78 is 32.5. The van der Waals surface area contributed by atoms with E-state index in [2.05, 4.69) is 10.6 Å². The summed E-state index contributed by atoms with van der Waals surface area (Å²) in [5, 5.41) is 6.26. The minimum atomic E-state index is -3.67. The molecule has 0 aromatic heterocycles. The molecule has 1 heterocycles. The highest BCUT2D eigenvalue weighted by Gasteiger charge is 2.36. The molecule has 2 aromatic rings. The van der Waals surface area contributed by atoms with E-state index in [1.54, 1.807) is 31.4 Å². The lowest BCUT2D eigenvalue weighted by Crippen LogP contribution is -2.54. The summed E-state index contributed by atoms with van der Waals surface area (Å²) in [6.45, 7) is 3.29. The van der Waals surface area contributed by atoms with Crippen molar-refractivity contribution in [3.05, 3.63) is 64.7 Å². The van der Waals surface area contributed by atoms with Gasteiger partial charge in [0.1, 0.15) is 6.04 Å². The molecule has 3 rings (SSSR count). The van der Waals surface area contributed by atoms with Gasteiger partial charge in [-0.2, -0.15) is 4.31 Å². The lowest BCUT2D eigenvalue weighted by molar-refractivity contribution is -0.124. The molecule has 1 saturated heterocycles. The van der Waals surface area contributed by atoms with Gasteiger partial charge in [-0.3, -0.25) is 9.59 Å². The summed E-state index contributed by atoms with van der Waals surface area (Å²) in [7, 11) is -2.07. The van der Waals surface area contributed by atoms with Crippen LogP contribution in [-0.4, -0.2) is 63.9 Å². The average Bonchev–Trinajstić information content (AvgIpc) is 2.85. The summed E-state index contributed by atoms with van der Waals surface area (Å²) in [6, 6.07) is 12.5. The van der Waals surface area contributed by atoms with Gasteiger partial charge in [-0.25, -0.2) is 8.42 Å². The first-order valence-corrected chi connectivity index (χ1v) is 13.4. The number of halogens is 1. The van der Waals surface area contributed by atoms with Gasteiger partial charge in [-0.05, 0) is 68.0 Å². The lowest BCUT2D eigenvalue weighted by atomic mass is 9.89. The predicted molar refractivity (Wildman–Crippen MR) is 135 cm³/mol. The third-order valence-corrected chi connectivity index (χ3v) is 8.37. The smallest absolute Gasteiger partial charge is 0.252 e. The fourth-order valence-corrected chi connectivity index (χ4v) is 5.78. The number of rotatable bonds is 10. The van der Waals surface area contributed by atoms with Crippen LogP contribution in [0.1, 0.15) is 35.2 Å². The number of aryl methyl sites for hydroxylation is 1. The Kier molecular flexibility index (Phi) is 9.68. The Morgan fingerprint density at radius 1 is 1.11 bits per heavy atom. The van der Waals surface area contributed by atoms with Gasteiger partial charge in [0.2, 0.25) is 15.9 Å². The molecule has 2 amide bonds. The van der Waals surface area contributed by atoms with Gasteiger partial charge in [0.05, 0.1) is 4.90 Å². The molecule has 0 saturated carbocycles. The second-order valence-electron chi connectivity index (χ2n) is 8.60. The van der Waals surface area contributed by atoms with E-state index in [1.807, 2.05) is 19.1 Å². The van der Waals surface area contributed by atoms with E-state index in [9.17, 15) is 18.0 Å². The molecule has 1 fully saturated rings. The van der Waals surface area contributed by atoms with Crippen LogP contribution in [0.15, 0.2) is 53.4 Å². The van der Waals surface area contributed by atoms with Gasteiger partial charge in [0, 0.05) is 43.9 Å². The van der Waals surface area contributed by atoms with Crippen LogP contribution < -0.4 is 10.6 Å². The molecule has 1 aliphatic rings. The summed E-state index contributed by atoms with van der Waals surface area (Å²) in [6.07, 6.45) is 1.53. The maximum atomic E-state index is 13.1. The molecule has 35 heavy (non-hydrogen) atoms. The quantitative estimate of drug-likeness (QED) is 0.468. The van der Waals surface area contributed by atoms with Gasteiger partial charge in [0.25, 0.3) is 5.91 Å². The zero-order chi connectivity index (χ0) is 25.4. The maximum Gasteiger partial charge on any atom is 0.252 e. The molecule has 10 heteroatoms. The number of benzene rings is 2. The van der Waals surface area contributed by atoms with E-state index in [1.165, 1.54) is 16.4 Å². The van der Waals surface area contributed by atoms with Crippen LogP contribution in [-0.2, 0) is 19.6 Å².